The highest BCUT2D eigenvalue weighted by molar-refractivity contribution is 6.09. The van der Waals surface area contributed by atoms with E-state index in [4.69, 9.17) is 19.4 Å². The van der Waals surface area contributed by atoms with E-state index in [0.717, 1.165) is 66.0 Å². The average Bonchev–Trinajstić information content (AvgIpc) is 3.70. The number of rotatable bonds is 4. The normalized spacial score (nSPS) is 11.8. The number of pyridine rings is 1. The summed E-state index contributed by atoms with van der Waals surface area (Å²) in [6.07, 6.45) is 3.53. The van der Waals surface area contributed by atoms with Crippen LogP contribution in [-0.4, -0.2) is 24.5 Å². The summed E-state index contributed by atoms with van der Waals surface area (Å²) in [4.78, 5) is 19.5. The zero-order valence-corrected chi connectivity index (χ0v) is 25.6. The van der Waals surface area contributed by atoms with Gasteiger partial charge in [-0.1, -0.05) is 103 Å². The average molecular weight is 616 g/mol. The summed E-state index contributed by atoms with van der Waals surface area (Å²) in [6.45, 7) is 0. The fourth-order valence-electron chi connectivity index (χ4n) is 6.81. The topological polar surface area (TPSA) is 69.6 Å². The minimum atomic E-state index is 0.555. The van der Waals surface area contributed by atoms with Crippen molar-refractivity contribution in [2.45, 2.75) is 0 Å². The molecular formula is C42H25N5O. The van der Waals surface area contributed by atoms with Crippen LogP contribution in [-0.2, 0) is 0 Å². The van der Waals surface area contributed by atoms with Gasteiger partial charge < -0.3 is 4.42 Å². The molecule has 4 heterocycles. The van der Waals surface area contributed by atoms with E-state index in [-0.39, 0.29) is 0 Å². The lowest BCUT2D eigenvalue weighted by molar-refractivity contribution is 0.667. The summed E-state index contributed by atoms with van der Waals surface area (Å²) in [5.41, 5.74) is 7.62. The van der Waals surface area contributed by atoms with E-state index in [2.05, 4.69) is 137 Å². The molecule has 0 unspecified atom stereocenters. The number of aromatic nitrogens is 5. The Labute approximate surface area is 274 Å². The lowest BCUT2D eigenvalue weighted by Gasteiger charge is -2.11. The van der Waals surface area contributed by atoms with Crippen LogP contribution in [0.4, 0.5) is 0 Å². The summed E-state index contributed by atoms with van der Waals surface area (Å²) in [7, 11) is 0. The Morgan fingerprint density at radius 3 is 1.85 bits per heavy atom. The molecule has 0 aliphatic carbocycles. The Kier molecular flexibility index (Phi) is 5.77. The minimum Gasteiger partial charge on any atom is -0.454 e. The zero-order valence-electron chi connectivity index (χ0n) is 25.6. The lowest BCUT2D eigenvalue weighted by atomic mass is 10.0. The summed E-state index contributed by atoms with van der Waals surface area (Å²) in [6, 6.07) is 48.3. The molecule has 6 nitrogen and oxygen atoms in total. The first-order chi connectivity index (χ1) is 23.8. The van der Waals surface area contributed by atoms with Crippen molar-refractivity contribution in [3.05, 3.63) is 152 Å². The van der Waals surface area contributed by atoms with Crippen LogP contribution in [0.2, 0.25) is 0 Å². The summed E-state index contributed by atoms with van der Waals surface area (Å²) < 4.78 is 8.32. The van der Waals surface area contributed by atoms with Gasteiger partial charge in [0.25, 0.3) is 0 Å². The van der Waals surface area contributed by atoms with E-state index in [0.29, 0.717) is 17.6 Å². The van der Waals surface area contributed by atoms with Crippen LogP contribution < -0.4 is 0 Å². The van der Waals surface area contributed by atoms with Gasteiger partial charge in [-0.2, -0.15) is 9.97 Å². The van der Waals surface area contributed by atoms with Crippen LogP contribution in [0.3, 0.4) is 0 Å². The van der Waals surface area contributed by atoms with Crippen LogP contribution in [0.5, 0.6) is 0 Å². The first kappa shape index (κ1) is 26.5. The number of fused-ring (bicyclic) bond motifs is 7. The molecule has 6 heteroatoms. The van der Waals surface area contributed by atoms with Gasteiger partial charge in [-0.25, -0.2) is 4.98 Å². The summed E-state index contributed by atoms with van der Waals surface area (Å²) >= 11 is 0. The first-order valence-electron chi connectivity index (χ1n) is 15.9. The molecule has 10 aromatic rings. The van der Waals surface area contributed by atoms with Crippen molar-refractivity contribution in [2.24, 2.45) is 0 Å². The quantitative estimate of drug-likeness (QED) is 0.197. The Morgan fingerprint density at radius 1 is 0.438 bits per heavy atom. The molecule has 4 aromatic heterocycles. The van der Waals surface area contributed by atoms with E-state index >= 15 is 0 Å². The Hall–Kier alpha value is -6.66. The van der Waals surface area contributed by atoms with Gasteiger partial charge >= 0.3 is 0 Å². The molecular weight excluding hydrogens is 590 g/mol. The Bertz CT molecular complexity index is 2800. The maximum Gasteiger partial charge on any atom is 0.238 e. The van der Waals surface area contributed by atoms with Crippen LogP contribution in [0.25, 0.3) is 94.4 Å². The second kappa shape index (κ2) is 10.4. The molecule has 224 valence electrons. The van der Waals surface area contributed by atoms with E-state index in [1.54, 1.807) is 12.4 Å². The van der Waals surface area contributed by atoms with Crippen molar-refractivity contribution in [3.63, 3.8) is 0 Å². The summed E-state index contributed by atoms with van der Waals surface area (Å²) in [5.74, 6) is 1.71. The number of hydrogen-bond donors (Lipinski definition) is 0. The van der Waals surface area contributed by atoms with Gasteiger partial charge in [0, 0.05) is 38.9 Å². The van der Waals surface area contributed by atoms with Crippen molar-refractivity contribution in [3.8, 4) is 39.9 Å². The molecule has 48 heavy (non-hydrogen) atoms. The van der Waals surface area contributed by atoms with Crippen molar-refractivity contribution in [1.29, 1.82) is 0 Å². The number of benzene rings is 6. The molecule has 0 aliphatic rings. The summed E-state index contributed by atoms with van der Waals surface area (Å²) in [5, 5.41) is 6.79. The van der Waals surface area contributed by atoms with Gasteiger partial charge in [0.05, 0.1) is 17.2 Å². The smallest absolute Gasteiger partial charge is 0.238 e. The van der Waals surface area contributed by atoms with E-state index in [1.807, 2.05) is 12.1 Å². The molecule has 0 amide bonds. The molecule has 0 spiro atoms. The third-order valence-corrected chi connectivity index (χ3v) is 9.16. The predicted molar refractivity (Wildman–Crippen MR) is 193 cm³/mol. The second-order valence-electron chi connectivity index (χ2n) is 12.0. The lowest BCUT2D eigenvalue weighted by Crippen LogP contribution is -2.06. The standard InChI is InChI=1S/C42H25N5O/c1-2-8-29-23-30(18-15-26(29)7-1)27-13-16-28(17-14-27)40-44-41(31-19-20-34-35-21-22-43-25-39(35)48-38(34)24-31)46-42(45-40)47-36-11-5-3-9-32(36)33-10-4-6-12-37(33)47/h1-25H. The minimum absolute atomic E-state index is 0.555. The molecule has 0 aliphatic heterocycles. The van der Waals surface area contributed by atoms with Gasteiger partial charge in [0.1, 0.15) is 5.58 Å². The molecule has 0 saturated carbocycles. The molecule has 10 rings (SSSR count). The highest BCUT2D eigenvalue weighted by atomic mass is 16.3. The molecule has 0 bridgehead atoms. The van der Waals surface area contributed by atoms with Crippen LogP contribution in [0, 0.1) is 0 Å². The molecule has 0 fully saturated rings. The third-order valence-electron chi connectivity index (χ3n) is 9.16. The van der Waals surface area contributed by atoms with Crippen molar-refractivity contribution in [1.82, 2.24) is 24.5 Å². The maximum absolute atomic E-state index is 6.19. The fraction of sp³-hybridized carbons (Fsp3) is 0. The van der Waals surface area contributed by atoms with Gasteiger partial charge in [-0.3, -0.25) is 9.55 Å². The highest BCUT2D eigenvalue weighted by Gasteiger charge is 2.18. The van der Waals surface area contributed by atoms with Crippen LogP contribution in [0.15, 0.2) is 156 Å². The van der Waals surface area contributed by atoms with Gasteiger partial charge in [-0.15, -0.1) is 0 Å². The predicted octanol–water partition coefficient (Wildman–Crippen LogP) is 10.4. The number of furan rings is 1. The van der Waals surface area contributed by atoms with Gasteiger partial charge in [0.15, 0.2) is 17.2 Å². The van der Waals surface area contributed by atoms with E-state index in [1.165, 1.54) is 10.8 Å². The van der Waals surface area contributed by atoms with Gasteiger partial charge in [-0.05, 0) is 58.3 Å². The number of nitrogens with zero attached hydrogens (tertiary/aromatic N) is 5. The second-order valence-corrected chi connectivity index (χ2v) is 12.0. The third kappa shape index (κ3) is 4.20. The molecule has 0 atom stereocenters. The SMILES string of the molecule is c1ccc2cc(-c3ccc(-c4nc(-c5ccc6c(c5)oc5cnccc56)nc(-n5c6ccccc6c6ccccc65)n4)cc3)ccc2c1. The maximum atomic E-state index is 6.19. The fourth-order valence-corrected chi connectivity index (χ4v) is 6.81. The first-order valence-corrected chi connectivity index (χ1v) is 15.9. The Balaban J connectivity index is 1.16. The monoisotopic (exact) mass is 615 g/mol. The number of hydrogen-bond acceptors (Lipinski definition) is 5. The van der Waals surface area contributed by atoms with Crippen molar-refractivity contribution < 1.29 is 4.42 Å². The zero-order chi connectivity index (χ0) is 31.6. The highest BCUT2D eigenvalue weighted by Crippen LogP contribution is 2.35. The van der Waals surface area contributed by atoms with E-state index in [9.17, 15) is 0 Å². The number of para-hydroxylation sites is 2. The van der Waals surface area contributed by atoms with Crippen molar-refractivity contribution in [2.75, 3.05) is 0 Å². The molecule has 6 aromatic carbocycles. The van der Waals surface area contributed by atoms with Crippen LogP contribution >= 0.6 is 0 Å². The van der Waals surface area contributed by atoms with Gasteiger partial charge in [0.2, 0.25) is 5.95 Å². The van der Waals surface area contributed by atoms with E-state index < -0.39 is 0 Å². The molecule has 0 radical (unpaired) electrons. The molecule has 0 N–H and O–H groups in total. The van der Waals surface area contributed by atoms with Crippen LogP contribution in [0.1, 0.15) is 0 Å². The largest absolute Gasteiger partial charge is 0.454 e. The molecule has 0 saturated heterocycles. The van der Waals surface area contributed by atoms with Crippen molar-refractivity contribution >= 4 is 54.5 Å². The Morgan fingerprint density at radius 2 is 1.06 bits per heavy atom.